The highest BCUT2D eigenvalue weighted by Crippen LogP contribution is 2.30. The Bertz CT molecular complexity index is 1270. The Morgan fingerprint density at radius 1 is 1.04 bits per heavy atom. The lowest BCUT2D eigenvalue weighted by Gasteiger charge is -2.28. The summed E-state index contributed by atoms with van der Waals surface area (Å²) in [5, 5.41) is 0. The quantitative estimate of drug-likeness (QED) is 0.531. The van der Waals surface area contributed by atoms with Crippen molar-refractivity contribution >= 4 is 44.8 Å². The van der Waals surface area contributed by atoms with Crippen LogP contribution < -0.4 is 15.0 Å². The molecule has 0 N–H and O–H groups in total. The fourth-order valence-corrected chi connectivity index (χ4v) is 4.53. The molecule has 4 nitrogen and oxygen atoms in total. The van der Waals surface area contributed by atoms with Crippen LogP contribution in [0.15, 0.2) is 59.4 Å². The first-order valence-electron chi connectivity index (χ1n) is 8.27. The highest BCUT2D eigenvalue weighted by molar-refractivity contribution is 7.15. The number of para-hydroxylation sites is 3. The van der Waals surface area contributed by atoms with Gasteiger partial charge in [0.1, 0.15) is 4.53 Å². The number of hydrogen-bond donors (Lipinski definition) is 0. The molecule has 3 heterocycles. The van der Waals surface area contributed by atoms with Gasteiger partial charge in [-0.15, -0.1) is 0 Å². The predicted octanol–water partition coefficient (Wildman–Crippen LogP) is 3.29. The van der Waals surface area contributed by atoms with Gasteiger partial charge in [-0.25, -0.2) is 9.38 Å². The lowest BCUT2D eigenvalue weighted by atomic mass is 10.1. The van der Waals surface area contributed by atoms with E-state index in [1.807, 2.05) is 42.5 Å². The third-order valence-corrected chi connectivity index (χ3v) is 5.65. The monoisotopic (exact) mass is 345 g/mol. The Balaban J connectivity index is 1.86. The van der Waals surface area contributed by atoms with Crippen LogP contribution in [0.5, 0.6) is 0 Å². The normalized spacial score (nSPS) is 16.0. The summed E-state index contributed by atoms with van der Waals surface area (Å²) in [6, 6.07) is 16.0. The van der Waals surface area contributed by atoms with Crippen molar-refractivity contribution in [1.82, 2.24) is 9.38 Å². The van der Waals surface area contributed by atoms with E-state index in [4.69, 9.17) is 0 Å². The third kappa shape index (κ3) is 1.99. The van der Waals surface area contributed by atoms with Gasteiger partial charge in [-0.3, -0.25) is 4.79 Å². The van der Waals surface area contributed by atoms with Crippen LogP contribution in [0, 0.1) is 0 Å². The van der Waals surface area contributed by atoms with Crippen molar-refractivity contribution in [3.8, 4) is 0 Å². The molecule has 4 aromatic rings. The number of hydrogen-bond acceptors (Lipinski definition) is 4. The molecule has 0 amide bonds. The second kappa shape index (κ2) is 5.29. The first-order chi connectivity index (χ1) is 12.3. The minimum atomic E-state index is 0.00572. The van der Waals surface area contributed by atoms with Crippen molar-refractivity contribution in [2.75, 3.05) is 11.4 Å². The number of thiazole rings is 1. The van der Waals surface area contributed by atoms with Crippen LogP contribution >= 0.6 is 11.3 Å². The number of anilines is 1. The molecule has 0 aliphatic carbocycles. The number of aromatic nitrogens is 2. The molecule has 0 saturated carbocycles. The largest absolute Gasteiger partial charge is 0.340 e. The second-order valence-corrected chi connectivity index (χ2v) is 6.95. The maximum Gasteiger partial charge on any atom is 0.277 e. The van der Waals surface area contributed by atoms with Crippen LogP contribution in [0.4, 0.5) is 5.69 Å². The fourth-order valence-electron chi connectivity index (χ4n) is 3.47. The first kappa shape index (κ1) is 14.4. The Kier molecular flexibility index (Phi) is 3.05. The van der Waals surface area contributed by atoms with E-state index in [2.05, 4.69) is 35.0 Å². The summed E-state index contributed by atoms with van der Waals surface area (Å²) in [7, 11) is 0. The van der Waals surface area contributed by atoms with Crippen LogP contribution in [-0.2, 0) is 0 Å². The molecule has 1 aliphatic rings. The average molecular weight is 345 g/mol. The number of likely N-dealkylation sites (N-methyl/N-ethyl adjacent to an activating group) is 1. The minimum absolute atomic E-state index is 0.00572. The predicted molar refractivity (Wildman–Crippen MR) is 104 cm³/mol. The number of rotatable bonds is 1. The van der Waals surface area contributed by atoms with Crippen molar-refractivity contribution in [3.05, 3.63) is 75.1 Å². The molecule has 5 rings (SSSR count). The lowest BCUT2D eigenvalue weighted by Crippen LogP contribution is -2.33. The summed E-state index contributed by atoms with van der Waals surface area (Å²) in [4.78, 5) is 20.7. The summed E-state index contributed by atoms with van der Waals surface area (Å²) < 4.78 is 2.46. The van der Waals surface area contributed by atoms with E-state index in [0.717, 1.165) is 38.5 Å². The highest BCUT2D eigenvalue weighted by Gasteiger charge is 2.20. The van der Waals surface area contributed by atoms with Gasteiger partial charge in [-0.1, -0.05) is 47.7 Å². The maximum absolute atomic E-state index is 13.1. The van der Waals surface area contributed by atoms with E-state index < -0.39 is 0 Å². The van der Waals surface area contributed by atoms with Crippen LogP contribution in [-0.4, -0.2) is 15.9 Å². The summed E-state index contributed by atoms with van der Waals surface area (Å²) >= 11 is 1.46. The Morgan fingerprint density at radius 2 is 1.84 bits per heavy atom. The van der Waals surface area contributed by atoms with Crippen LogP contribution in [0.25, 0.3) is 27.8 Å². The van der Waals surface area contributed by atoms with Crippen LogP contribution in [0.3, 0.4) is 0 Å². The van der Waals surface area contributed by atoms with E-state index in [1.54, 1.807) is 4.40 Å². The van der Waals surface area contributed by atoms with Gasteiger partial charge in [-0.05, 0) is 36.8 Å². The number of imidazole rings is 1. The van der Waals surface area contributed by atoms with Gasteiger partial charge in [-0.2, -0.15) is 0 Å². The van der Waals surface area contributed by atoms with E-state index >= 15 is 0 Å². The molecule has 0 unspecified atom stereocenters. The molecule has 122 valence electrons. The van der Waals surface area contributed by atoms with E-state index in [0.29, 0.717) is 0 Å². The zero-order valence-corrected chi connectivity index (χ0v) is 14.5. The van der Waals surface area contributed by atoms with Gasteiger partial charge >= 0.3 is 0 Å². The third-order valence-electron chi connectivity index (χ3n) is 4.61. The molecular weight excluding hydrogens is 330 g/mol. The second-order valence-electron chi connectivity index (χ2n) is 5.98. The topological polar surface area (TPSA) is 37.6 Å². The van der Waals surface area contributed by atoms with Gasteiger partial charge in [0.05, 0.1) is 16.7 Å². The molecule has 2 aromatic heterocycles. The smallest absolute Gasteiger partial charge is 0.277 e. The number of nitrogens with zero attached hydrogens (tertiary/aromatic N) is 3. The molecular formula is C20H15N3OS. The van der Waals surface area contributed by atoms with Gasteiger partial charge in [0.15, 0.2) is 4.96 Å². The zero-order chi connectivity index (χ0) is 17.0. The SMILES string of the molecule is CCN1/C(=c2/sc3nc4ccccc4n3c2=O)C=Cc2ccccc21. The van der Waals surface area contributed by atoms with Crippen LogP contribution in [0.1, 0.15) is 12.5 Å². The lowest BCUT2D eigenvalue weighted by molar-refractivity contribution is 1.02. The maximum atomic E-state index is 13.1. The first-order valence-corrected chi connectivity index (χ1v) is 9.08. The zero-order valence-electron chi connectivity index (χ0n) is 13.6. The Hall–Kier alpha value is -2.92. The number of fused-ring (bicyclic) bond motifs is 4. The van der Waals surface area contributed by atoms with Crippen LogP contribution in [0.2, 0.25) is 0 Å². The molecule has 25 heavy (non-hydrogen) atoms. The standard InChI is InChI=1S/C20H15N3OS/c1-2-22-15-9-5-3-7-13(15)11-12-17(22)18-19(24)23-16-10-6-4-8-14(16)21-20(23)25-18/h3-12H,2H2,1H3/b18-17+. The van der Waals surface area contributed by atoms with E-state index in [1.165, 1.54) is 16.9 Å². The molecule has 0 atom stereocenters. The van der Waals surface area contributed by atoms with Crippen molar-refractivity contribution in [2.45, 2.75) is 6.92 Å². The van der Waals surface area contributed by atoms with E-state index in [9.17, 15) is 4.79 Å². The molecule has 2 aromatic carbocycles. The van der Waals surface area contributed by atoms with Gasteiger partial charge < -0.3 is 4.90 Å². The molecule has 0 spiro atoms. The molecule has 0 saturated heterocycles. The number of benzene rings is 2. The Morgan fingerprint density at radius 3 is 2.72 bits per heavy atom. The molecule has 5 heteroatoms. The average Bonchev–Trinajstić information content (AvgIpc) is 3.17. The Labute approximate surface area is 148 Å². The summed E-state index contributed by atoms with van der Waals surface area (Å²) in [5.41, 5.74) is 5.00. The van der Waals surface area contributed by atoms with Crippen molar-refractivity contribution < 1.29 is 0 Å². The fraction of sp³-hybridized carbons (Fsp3) is 0.100. The molecule has 0 bridgehead atoms. The summed E-state index contributed by atoms with van der Waals surface area (Å²) in [5.74, 6) is 0. The summed E-state index contributed by atoms with van der Waals surface area (Å²) in [6.45, 7) is 2.91. The van der Waals surface area contributed by atoms with Crippen molar-refractivity contribution in [1.29, 1.82) is 0 Å². The van der Waals surface area contributed by atoms with Crippen molar-refractivity contribution in [3.63, 3.8) is 0 Å². The van der Waals surface area contributed by atoms with Crippen molar-refractivity contribution in [2.24, 2.45) is 0 Å². The molecule has 0 fully saturated rings. The van der Waals surface area contributed by atoms with Gasteiger partial charge in [0.25, 0.3) is 5.56 Å². The minimum Gasteiger partial charge on any atom is -0.340 e. The molecule has 1 aliphatic heterocycles. The molecule has 0 radical (unpaired) electrons. The highest BCUT2D eigenvalue weighted by atomic mass is 32.1. The van der Waals surface area contributed by atoms with Gasteiger partial charge in [0, 0.05) is 12.2 Å². The summed E-state index contributed by atoms with van der Waals surface area (Å²) in [6.07, 6.45) is 4.12. The van der Waals surface area contributed by atoms with Gasteiger partial charge in [0.2, 0.25) is 0 Å². The van der Waals surface area contributed by atoms with E-state index in [-0.39, 0.29) is 5.56 Å².